The van der Waals surface area contributed by atoms with Crippen molar-refractivity contribution in [1.82, 2.24) is 14.4 Å². The van der Waals surface area contributed by atoms with Crippen LogP contribution in [0, 0.1) is 12.7 Å². The van der Waals surface area contributed by atoms with Crippen LogP contribution in [0.4, 0.5) is 4.39 Å². The standard InChI is InChI=1S/C30H35ClFN3O2/c1-3-4-5-6-7-11-29(36)33-16-18-34(19-17-33)30(37)27-21-28(23-12-14-24(31)15-13-23)35(22(27)2)26-10-8-9-25(32)20-26/h8-10,12-15,20-21H,3-7,11,16-19H2,1-2H3. The summed E-state index contributed by atoms with van der Waals surface area (Å²) in [6.45, 7) is 6.17. The zero-order valence-corrected chi connectivity index (χ0v) is 22.4. The Kier molecular flexibility index (Phi) is 9.04. The predicted octanol–water partition coefficient (Wildman–Crippen LogP) is 6.89. The van der Waals surface area contributed by atoms with E-state index >= 15 is 0 Å². The maximum absolute atomic E-state index is 14.1. The van der Waals surface area contributed by atoms with Gasteiger partial charge >= 0.3 is 0 Å². The molecule has 0 N–H and O–H groups in total. The number of aromatic nitrogens is 1. The number of unbranched alkanes of at least 4 members (excludes halogenated alkanes) is 4. The van der Waals surface area contributed by atoms with E-state index in [4.69, 9.17) is 11.6 Å². The molecule has 2 heterocycles. The van der Waals surface area contributed by atoms with E-state index in [2.05, 4.69) is 6.92 Å². The predicted molar refractivity (Wildman–Crippen MR) is 147 cm³/mol. The zero-order chi connectivity index (χ0) is 26.4. The van der Waals surface area contributed by atoms with Gasteiger partial charge in [0, 0.05) is 49.0 Å². The molecule has 1 fully saturated rings. The smallest absolute Gasteiger partial charge is 0.255 e. The summed E-state index contributed by atoms with van der Waals surface area (Å²) in [6, 6.07) is 15.6. The number of hydrogen-bond donors (Lipinski definition) is 0. The van der Waals surface area contributed by atoms with E-state index in [0.29, 0.717) is 48.9 Å². The summed E-state index contributed by atoms with van der Waals surface area (Å²) in [5.74, 6) is -0.233. The SMILES string of the molecule is CCCCCCCC(=O)N1CCN(C(=O)c2cc(-c3ccc(Cl)cc3)n(-c3cccc(F)c3)c2C)CC1. The number of amides is 2. The van der Waals surface area contributed by atoms with Crippen LogP contribution < -0.4 is 0 Å². The summed E-state index contributed by atoms with van der Waals surface area (Å²) in [7, 11) is 0. The minimum Gasteiger partial charge on any atom is -0.339 e. The van der Waals surface area contributed by atoms with Gasteiger partial charge in [0.15, 0.2) is 0 Å². The first-order chi connectivity index (χ1) is 17.9. The van der Waals surface area contributed by atoms with Crippen molar-refractivity contribution in [3.63, 3.8) is 0 Å². The van der Waals surface area contributed by atoms with Crippen molar-refractivity contribution < 1.29 is 14.0 Å². The molecule has 1 aliphatic heterocycles. The van der Waals surface area contributed by atoms with Crippen molar-refractivity contribution in [3.8, 4) is 16.9 Å². The quantitative estimate of drug-likeness (QED) is 0.287. The van der Waals surface area contributed by atoms with Gasteiger partial charge in [-0.1, -0.05) is 62.4 Å². The first kappa shape index (κ1) is 26.9. The average Bonchev–Trinajstić information content (AvgIpc) is 3.25. The van der Waals surface area contributed by atoms with Gasteiger partial charge in [0.05, 0.1) is 11.3 Å². The molecule has 1 aliphatic rings. The number of carbonyl (C=O) groups is 2. The van der Waals surface area contributed by atoms with E-state index in [0.717, 1.165) is 29.8 Å². The Hall–Kier alpha value is -3.12. The summed E-state index contributed by atoms with van der Waals surface area (Å²) in [6.07, 6.45) is 6.19. The molecular weight excluding hydrogens is 489 g/mol. The molecule has 0 unspecified atom stereocenters. The minimum absolute atomic E-state index is 0.0745. The summed E-state index contributed by atoms with van der Waals surface area (Å²) in [4.78, 5) is 30.0. The van der Waals surface area contributed by atoms with E-state index in [1.165, 1.54) is 31.4 Å². The zero-order valence-electron chi connectivity index (χ0n) is 21.7. The normalized spacial score (nSPS) is 13.7. The molecule has 7 heteroatoms. The van der Waals surface area contributed by atoms with Crippen molar-refractivity contribution in [2.24, 2.45) is 0 Å². The third-order valence-corrected chi connectivity index (χ3v) is 7.35. The number of nitrogens with zero attached hydrogens (tertiary/aromatic N) is 3. The molecule has 1 saturated heterocycles. The third kappa shape index (κ3) is 6.42. The van der Waals surface area contributed by atoms with Crippen LogP contribution in [-0.4, -0.2) is 52.4 Å². The molecule has 0 bridgehead atoms. The second kappa shape index (κ2) is 12.4. The maximum atomic E-state index is 14.1. The lowest BCUT2D eigenvalue weighted by Gasteiger charge is -2.35. The van der Waals surface area contributed by atoms with Crippen LogP contribution in [0.25, 0.3) is 16.9 Å². The molecule has 3 aromatic rings. The Morgan fingerprint density at radius 1 is 0.892 bits per heavy atom. The number of halogens is 2. The van der Waals surface area contributed by atoms with Gasteiger partial charge in [-0.15, -0.1) is 0 Å². The first-order valence-corrected chi connectivity index (χ1v) is 13.6. The highest BCUT2D eigenvalue weighted by Gasteiger charge is 2.28. The van der Waals surface area contributed by atoms with Crippen LogP contribution in [0.2, 0.25) is 5.02 Å². The largest absolute Gasteiger partial charge is 0.339 e. The highest BCUT2D eigenvalue weighted by atomic mass is 35.5. The summed E-state index contributed by atoms with van der Waals surface area (Å²) < 4.78 is 16.0. The highest BCUT2D eigenvalue weighted by molar-refractivity contribution is 6.30. The Bertz CT molecular complexity index is 1230. The van der Waals surface area contributed by atoms with E-state index in [1.54, 1.807) is 18.2 Å². The molecule has 4 rings (SSSR count). The molecule has 0 spiro atoms. The number of benzene rings is 2. The van der Waals surface area contributed by atoms with Gasteiger partial charge in [0.2, 0.25) is 5.91 Å². The van der Waals surface area contributed by atoms with Gasteiger partial charge in [0.1, 0.15) is 5.82 Å². The van der Waals surface area contributed by atoms with Crippen molar-refractivity contribution in [1.29, 1.82) is 0 Å². The third-order valence-electron chi connectivity index (χ3n) is 7.10. The van der Waals surface area contributed by atoms with Gasteiger partial charge < -0.3 is 14.4 Å². The van der Waals surface area contributed by atoms with Crippen LogP contribution >= 0.6 is 11.6 Å². The fourth-order valence-corrected chi connectivity index (χ4v) is 5.10. The molecule has 2 amide bonds. The number of carbonyl (C=O) groups excluding carboxylic acids is 2. The Morgan fingerprint density at radius 2 is 1.57 bits per heavy atom. The lowest BCUT2D eigenvalue weighted by Crippen LogP contribution is -2.50. The molecular formula is C30H35ClFN3O2. The number of hydrogen-bond acceptors (Lipinski definition) is 2. The van der Waals surface area contributed by atoms with Gasteiger partial charge in [-0.3, -0.25) is 9.59 Å². The van der Waals surface area contributed by atoms with Crippen molar-refractivity contribution in [2.45, 2.75) is 52.4 Å². The van der Waals surface area contributed by atoms with Gasteiger partial charge in [0.25, 0.3) is 5.91 Å². The molecule has 0 atom stereocenters. The summed E-state index contributed by atoms with van der Waals surface area (Å²) in [5.41, 5.74) is 3.64. The van der Waals surface area contributed by atoms with Crippen LogP contribution in [0.15, 0.2) is 54.6 Å². The first-order valence-electron chi connectivity index (χ1n) is 13.2. The fourth-order valence-electron chi connectivity index (χ4n) is 4.97. The molecule has 0 saturated carbocycles. The van der Waals surface area contributed by atoms with Crippen LogP contribution in [0.5, 0.6) is 0 Å². The minimum atomic E-state index is -0.341. The van der Waals surface area contributed by atoms with Gasteiger partial charge in [-0.2, -0.15) is 0 Å². The summed E-state index contributed by atoms with van der Waals surface area (Å²) in [5, 5.41) is 0.619. The second-order valence-electron chi connectivity index (χ2n) is 9.69. The van der Waals surface area contributed by atoms with Crippen LogP contribution in [0.1, 0.15) is 61.5 Å². The molecule has 0 aliphatic carbocycles. The molecule has 0 radical (unpaired) electrons. The number of rotatable bonds is 9. The van der Waals surface area contributed by atoms with Crippen molar-refractivity contribution >= 4 is 23.4 Å². The Labute approximate surface area is 223 Å². The lowest BCUT2D eigenvalue weighted by molar-refractivity contribution is -0.132. The van der Waals surface area contributed by atoms with Crippen LogP contribution in [0.3, 0.4) is 0 Å². The van der Waals surface area contributed by atoms with Gasteiger partial charge in [-0.05, 0) is 55.3 Å². The average molecular weight is 524 g/mol. The monoisotopic (exact) mass is 523 g/mol. The highest BCUT2D eigenvalue weighted by Crippen LogP contribution is 2.31. The molecule has 196 valence electrons. The maximum Gasteiger partial charge on any atom is 0.255 e. The molecule has 37 heavy (non-hydrogen) atoms. The van der Waals surface area contributed by atoms with E-state index in [1.807, 2.05) is 45.6 Å². The molecule has 5 nitrogen and oxygen atoms in total. The second-order valence-corrected chi connectivity index (χ2v) is 10.1. The lowest BCUT2D eigenvalue weighted by atomic mass is 10.1. The topological polar surface area (TPSA) is 45.6 Å². The van der Waals surface area contributed by atoms with E-state index < -0.39 is 0 Å². The summed E-state index contributed by atoms with van der Waals surface area (Å²) >= 11 is 6.10. The van der Waals surface area contributed by atoms with E-state index in [9.17, 15) is 14.0 Å². The van der Waals surface area contributed by atoms with Gasteiger partial charge in [-0.25, -0.2) is 4.39 Å². The Balaban J connectivity index is 1.51. The van der Waals surface area contributed by atoms with Crippen molar-refractivity contribution in [3.05, 3.63) is 76.7 Å². The molecule has 2 aromatic carbocycles. The Morgan fingerprint density at radius 3 is 2.24 bits per heavy atom. The van der Waals surface area contributed by atoms with Crippen LogP contribution in [-0.2, 0) is 4.79 Å². The fraction of sp³-hybridized carbons (Fsp3) is 0.400. The van der Waals surface area contributed by atoms with Crippen molar-refractivity contribution in [2.75, 3.05) is 26.2 Å². The molecule has 1 aromatic heterocycles. The van der Waals surface area contributed by atoms with E-state index in [-0.39, 0.29) is 17.6 Å². The number of piperazine rings is 1.